The number of rotatable bonds is 7. The predicted molar refractivity (Wildman–Crippen MR) is 86.5 cm³/mol. The van der Waals surface area contributed by atoms with E-state index in [4.69, 9.17) is 4.74 Å². The predicted octanol–water partition coefficient (Wildman–Crippen LogP) is 1.33. The first kappa shape index (κ1) is 18.4. The van der Waals surface area contributed by atoms with Gasteiger partial charge >= 0.3 is 5.97 Å². The molecule has 0 aromatic heterocycles. The van der Waals surface area contributed by atoms with E-state index in [9.17, 15) is 4.79 Å². The lowest BCUT2D eigenvalue weighted by atomic mass is 9.92. The highest BCUT2D eigenvalue weighted by Gasteiger charge is 2.36. The van der Waals surface area contributed by atoms with Crippen LogP contribution in [0.3, 0.4) is 0 Å². The van der Waals surface area contributed by atoms with E-state index in [1.54, 1.807) is 0 Å². The number of nitrogens with zero attached hydrogens (tertiary/aromatic N) is 2. The van der Waals surface area contributed by atoms with Crippen LogP contribution in [0.25, 0.3) is 0 Å². The van der Waals surface area contributed by atoms with Crippen molar-refractivity contribution in [2.75, 3.05) is 46.9 Å². The molecule has 5 nitrogen and oxygen atoms in total. The fourth-order valence-electron chi connectivity index (χ4n) is 3.08. The smallest absolute Gasteiger partial charge is 0.325 e. The van der Waals surface area contributed by atoms with Crippen LogP contribution >= 0.6 is 0 Å². The average molecular weight is 299 g/mol. The van der Waals surface area contributed by atoms with Crippen LogP contribution in [-0.4, -0.2) is 74.2 Å². The Morgan fingerprint density at radius 1 is 1.33 bits per heavy atom. The summed E-state index contributed by atoms with van der Waals surface area (Å²) < 4.78 is 5.01. The standard InChI is InChI=1S/C16H33N3O2/c1-6-8-17-16(3,15(20)21-5)13-14(2)19-10-7-9-18(4)11-12-19/h14,17H,6-13H2,1-5H3. The number of ether oxygens (including phenoxy) is 1. The van der Waals surface area contributed by atoms with E-state index in [1.165, 1.54) is 13.5 Å². The van der Waals surface area contributed by atoms with E-state index in [2.05, 4.69) is 36.0 Å². The van der Waals surface area contributed by atoms with Crippen LogP contribution in [0.1, 0.15) is 40.0 Å². The first-order valence-electron chi connectivity index (χ1n) is 8.19. The second kappa shape index (κ2) is 8.71. The summed E-state index contributed by atoms with van der Waals surface area (Å²) in [5, 5.41) is 3.38. The van der Waals surface area contributed by atoms with E-state index in [0.29, 0.717) is 6.04 Å². The van der Waals surface area contributed by atoms with Crippen LogP contribution in [-0.2, 0) is 9.53 Å². The summed E-state index contributed by atoms with van der Waals surface area (Å²) in [6, 6.07) is 0.366. The first-order valence-corrected chi connectivity index (χ1v) is 8.19. The number of nitrogens with one attached hydrogen (secondary N) is 1. The van der Waals surface area contributed by atoms with E-state index in [1.807, 2.05) is 6.92 Å². The van der Waals surface area contributed by atoms with Crippen molar-refractivity contribution in [1.82, 2.24) is 15.1 Å². The lowest BCUT2D eigenvalue weighted by molar-refractivity contribution is -0.148. The number of esters is 1. The lowest BCUT2D eigenvalue weighted by Gasteiger charge is -2.35. The van der Waals surface area contributed by atoms with Gasteiger partial charge in [0, 0.05) is 19.1 Å². The molecule has 0 radical (unpaired) electrons. The van der Waals surface area contributed by atoms with Gasteiger partial charge in [0.05, 0.1) is 7.11 Å². The molecule has 1 fully saturated rings. The Morgan fingerprint density at radius 3 is 2.67 bits per heavy atom. The van der Waals surface area contributed by atoms with Gasteiger partial charge in [0.1, 0.15) is 5.54 Å². The number of hydrogen-bond donors (Lipinski definition) is 1. The van der Waals surface area contributed by atoms with Gasteiger partial charge in [-0.3, -0.25) is 9.69 Å². The molecule has 1 rings (SSSR count). The number of carbonyl (C=O) groups excluding carboxylic acids is 1. The second-order valence-electron chi connectivity index (χ2n) is 6.50. The molecule has 1 aliphatic heterocycles. The maximum atomic E-state index is 12.2. The molecule has 2 unspecified atom stereocenters. The SMILES string of the molecule is CCCNC(C)(CC(C)N1CCCN(C)CC1)C(=O)OC. The molecular weight excluding hydrogens is 266 g/mol. The molecule has 1 heterocycles. The van der Waals surface area contributed by atoms with Gasteiger partial charge in [0.2, 0.25) is 0 Å². The summed E-state index contributed by atoms with van der Waals surface area (Å²) in [5.74, 6) is -0.158. The zero-order valence-corrected chi connectivity index (χ0v) is 14.4. The van der Waals surface area contributed by atoms with Crippen molar-refractivity contribution >= 4 is 5.97 Å². The minimum atomic E-state index is -0.595. The van der Waals surface area contributed by atoms with Crippen molar-refractivity contribution < 1.29 is 9.53 Å². The molecule has 0 aliphatic carbocycles. The molecule has 0 aromatic rings. The number of likely N-dealkylation sites (N-methyl/N-ethyl adjacent to an activating group) is 1. The maximum absolute atomic E-state index is 12.2. The van der Waals surface area contributed by atoms with Crippen molar-refractivity contribution in [2.45, 2.75) is 51.6 Å². The van der Waals surface area contributed by atoms with Gasteiger partial charge in [-0.15, -0.1) is 0 Å². The van der Waals surface area contributed by atoms with Crippen LogP contribution in [0, 0.1) is 0 Å². The molecule has 124 valence electrons. The molecule has 1 saturated heterocycles. The average Bonchev–Trinajstić information content (AvgIpc) is 2.69. The highest BCUT2D eigenvalue weighted by molar-refractivity contribution is 5.80. The molecule has 0 aromatic carbocycles. The zero-order chi connectivity index (χ0) is 15.9. The molecule has 0 spiro atoms. The Balaban J connectivity index is 2.66. The molecule has 0 bridgehead atoms. The van der Waals surface area contributed by atoms with E-state index in [0.717, 1.165) is 45.6 Å². The zero-order valence-electron chi connectivity index (χ0n) is 14.4. The van der Waals surface area contributed by atoms with E-state index < -0.39 is 5.54 Å². The third kappa shape index (κ3) is 5.57. The van der Waals surface area contributed by atoms with Crippen LogP contribution in [0.2, 0.25) is 0 Å². The Bertz CT molecular complexity index is 325. The van der Waals surface area contributed by atoms with Crippen molar-refractivity contribution in [2.24, 2.45) is 0 Å². The van der Waals surface area contributed by atoms with Gasteiger partial charge < -0.3 is 15.0 Å². The van der Waals surface area contributed by atoms with Crippen molar-refractivity contribution in [3.05, 3.63) is 0 Å². The van der Waals surface area contributed by atoms with E-state index >= 15 is 0 Å². The van der Waals surface area contributed by atoms with Crippen molar-refractivity contribution in [1.29, 1.82) is 0 Å². The van der Waals surface area contributed by atoms with Crippen molar-refractivity contribution in [3.8, 4) is 0 Å². The third-order valence-corrected chi connectivity index (χ3v) is 4.48. The lowest BCUT2D eigenvalue weighted by Crippen LogP contribution is -2.54. The first-order chi connectivity index (χ1) is 9.92. The Kier molecular flexibility index (Phi) is 7.63. The number of carbonyl (C=O) groups is 1. The molecular formula is C16H33N3O2. The molecule has 2 atom stereocenters. The Morgan fingerprint density at radius 2 is 2.05 bits per heavy atom. The number of methoxy groups -OCH3 is 1. The summed E-state index contributed by atoms with van der Waals surface area (Å²) in [6.07, 6.45) is 2.98. The van der Waals surface area contributed by atoms with Gasteiger partial charge in [-0.05, 0) is 59.8 Å². The summed E-state index contributed by atoms with van der Waals surface area (Å²) in [4.78, 5) is 17.0. The molecule has 0 saturated carbocycles. The summed E-state index contributed by atoms with van der Waals surface area (Å²) in [6.45, 7) is 11.6. The normalized spacial score (nSPS) is 22.3. The fourth-order valence-corrected chi connectivity index (χ4v) is 3.08. The van der Waals surface area contributed by atoms with Crippen LogP contribution in [0.5, 0.6) is 0 Å². The summed E-state index contributed by atoms with van der Waals surface area (Å²) in [7, 11) is 3.65. The van der Waals surface area contributed by atoms with Gasteiger partial charge in [-0.25, -0.2) is 0 Å². The highest BCUT2D eigenvalue weighted by Crippen LogP contribution is 2.19. The molecule has 0 amide bonds. The molecule has 21 heavy (non-hydrogen) atoms. The third-order valence-electron chi connectivity index (χ3n) is 4.48. The van der Waals surface area contributed by atoms with Crippen LogP contribution in [0.4, 0.5) is 0 Å². The second-order valence-corrected chi connectivity index (χ2v) is 6.50. The number of hydrogen-bond acceptors (Lipinski definition) is 5. The van der Waals surface area contributed by atoms with Gasteiger partial charge in [-0.2, -0.15) is 0 Å². The Labute approximate surface area is 130 Å². The van der Waals surface area contributed by atoms with Crippen molar-refractivity contribution in [3.63, 3.8) is 0 Å². The quantitative estimate of drug-likeness (QED) is 0.719. The molecule has 5 heteroatoms. The Hall–Kier alpha value is -0.650. The molecule has 1 aliphatic rings. The maximum Gasteiger partial charge on any atom is 0.325 e. The fraction of sp³-hybridized carbons (Fsp3) is 0.938. The minimum Gasteiger partial charge on any atom is -0.468 e. The van der Waals surface area contributed by atoms with E-state index in [-0.39, 0.29) is 5.97 Å². The van der Waals surface area contributed by atoms with Gasteiger partial charge in [0.25, 0.3) is 0 Å². The topological polar surface area (TPSA) is 44.8 Å². The monoisotopic (exact) mass is 299 g/mol. The van der Waals surface area contributed by atoms with Gasteiger partial charge in [0.15, 0.2) is 0 Å². The summed E-state index contributed by atoms with van der Waals surface area (Å²) in [5.41, 5.74) is -0.595. The highest BCUT2D eigenvalue weighted by atomic mass is 16.5. The van der Waals surface area contributed by atoms with Crippen LogP contribution < -0.4 is 5.32 Å². The molecule has 1 N–H and O–H groups in total. The minimum absolute atomic E-state index is 0.158. The van der Waals surface area contributed by atoms with Crippen LogP contribution in [0.15, 0.2) is 0 Å². The van der Waals surface area contributed by atoms with Gasteiger partial charge in [-0.1, -0.05) is 6.92 Å². The summed E-state index contributed by atoms with van der Waals surface area (Å²) >= 11 is 0. The largest absolute Gasteiger partial charge is 0.468 e.